The lowest BCUT2D eigenvalue weighted by Crippen LogP contribution is -2.41. The van der Waals surface area contributed by atoms with Crippen molar-refractivity contribution in [2.75, 3.05) is 19.6 Å². The first-order chi connectivity index (χ1) is 14.1. The Morgan fingerprint density at radius 2 is 1.93 bits per heavy atom. The molecule has 152 valence electrons. The van der Waals surface area contributed by atoms with Crippen molar-refractivity contribution in [1.29, 1.82) is 0 Å². The van der Waals surface area contributed by atoms with Crippen molar-refractivity contribution in [3.63, 3.8) is 0 Å². The van der Waals surface area contributed by atoms with Gasteiger partial charge in [-0.3, -0.25) is 4.79 Å². The molecular formula is C24H30N4O. The SMILES string of the molecule is Cc1ccc(CNC(=O)C2CCN(CCc3cn(C)c4ncccc34)CC2)cc1. The molecule has 29 heavy (non-hydrogen) atoms. The number of fused-ring (bicyclic) bond motifs is 1. The van der Waals surface area contributed by atoms with Crippen molar-refractivity contribution in [3.8, 4) is 0 Å². The fourth-order valence-corrected chi connectivity index (χ4v) is 4.23. The summed E-state index contributed by atoms with van der Waals surface area (Å²) in [6.45, 7) is 5.71. The van der Waals surface area contributed by atoms with Gasteiger partial charge in [0.2, 0.25) is 5.91 Å². The lowest BCUT2D eigenvalue weighted by molar-refractivity contribution is -0.126. The molecule has 0 radical (unpaired) electrons. The van der Waals surface area contributed by atoms with Gasteiger partial charge in [-0.1, -0.05) is 29.8 Å². The number of aryl methyl sites for hydroxylation is 2. The van der Waals surface area contributed by atoms with Crippen LogP contribution in [0.2, 0.25) is 0 Å². The van der Waals surface area contributed by atoms with Gasteiger partial charge in [-0.05, 0) is 62.5 Å². The van der Waals surface area contributed by atoms with Gasteiger partial charge in [0.15, 0.2) is 0 Å². The zero-order chi connectivity index (χ0) is 20.2. The number of rotatable bonds is 6. The highest BCUT2D eigenvalue weighted by Crippen LogP contribution is 2.21. The topological polar surface area (TPSA) is 50.2 Å². The Morgan fingerprint density at radius 3 is 2.69 bits per heavy atom. The number of amides is 1. The van der Waals surface area contributed by atoms with Gasteiger partial charge in [0, 0.05) is 43.8 Å². The first-order valence-corrected chi connectivity index (χ1v) is 10.5. The fraction of sp³-hybridized carbons (Fsp3) is 0.417. The average Bonchev–Trinajstić information content (AvgIpc) is 3.08. The molecule has 5 nitrogen and oxygen atoms in total. The van der Waals surface area contributed by atoms with Gasteiger partial charge in [-0.2, -0.15) is 0 Å². The Hall–Kier alpha value is -2.66. The highest BCUT2D eigenvalue weighted by atomic mass is 16.1. The van der Waals surface area contributed by atoms with Gasteiger partial charge < -0.3 is 14.8 Å². The predicted octanol–water partition coefficient (Wildman–Crippen LogP) is 3.45. The molecule has 1 saturated heterocycles. The lowest BCUT2D eigenvalue weighted by atomic mass is 9.95. The number of hydrogen-bond acceptors (Lipinski definition) is 3. The molecule has 1 aliphatic rings. The van der Waals surface area contributed by atoms with Gasteiger partial charge in [-0.15, -0.1) is 0 Å². The standard InChI is InChI=1S/C24H30N4O/c1-18-5-7-19(8-6-18)16-26-24(29)20-9-13-28(14-10-20)15-11-21-17-27(2)23-22(21)4-3-12-25-23/h3-8,12,17,20H,9-11,13-16H2,1-2H3,(H,26,29). The van der Waals surface area contributed by atoms with Crippen molar-refractivity contribution in [3.05, 3.63) is 65.5 Å². The lowest BCUT2D eigenvalue weighted by Gasteiger charge is -2.31. The van der Waals surface area contributed by atoms with Crippen LogP contribution in [0.3, 0.4) is 0 Å². The molecule has 0 unspecified atom stereocenters. The normalized spacial score (nSPS) is 15.7. The minimum absolute atomic E-state index is 0.137. The van der Waals surface area contributed by atoms with Gasteiger partial charge >= 0.3 is 0 Å². The largest absolute Gasteiger partial charge is 0.352 e. The first-order valence-electron chi connectivity index (χ1n) is 10.5. The summed E-state index contributed by atoms with van der Waals surface area (Å²) in [6.07, 6.45) is 6.95. The van der Waals surface area contributed by atoms with Crippen LogP contribution in [0.25, 0.3) is 11.0 Å². The third kappa shape index (κ3) is 4.67. The maximum absolute atomic E-state index is 12.5. The van der Waals surface area contributed by atoms with Gasteiger partial charge in [0.25, 0.3) is 0 Å². The zero-order valence-corrected chi connectivity index (χ0v) is 17.4. The Balaban J connectivity index is 1.23. The highest BCUT2D eigenvalue weighted by Gasteiger charge is 2.24. The summed E-state index contributed by atoms with van der Waals surface area (Å²) >= 11 is 0. The molecule has 0 bridgehead atoms. The third-order valence-corrected chi connectivity index (χ3v) is 6.06. The quantitative estimate of drug-likeness (QED) is 0.701. The number of piperidine rings is 1. The molecule has 5 heteroatoms. The van der Waals surface area contributed by atoms with Crippen molar-refractivity contribution in [2.45, 2.75) is 32.7 Å². The van der Waals surface area contributed by atoms with Crippen molar-refractivity contribution < 1.29 is 4.79 Å². The Kier molecular flexibility index (Phi) is 5.95. The second-order valence-electron chi connectivity index (χ2n) is 8.21. The minimum atomic E-state index is 0.137. The van der Waals surface area contributed by atoms with Crippen LogP contribution in [-0.4, -0.2) is 40.0 Å². The molecule has 1 aliphatic heterocycles. The van der Waals surface area contributed by atoms with E-state index in [2.05, 4.69) is 70.3 Å². The molecule has 0 saturated carbocycles. The summed E-state index contributed by atoms with van der Waals surface area (Å²) in [5.74, 6) is 0.337. The summed E-state index contributed by atoms with van der Waals surface area (Å²) in [7, 11) is 2.06. The molecule has 3 aromatic rings. The molecule has 4 rings (SSSR count). The van der Waals surface area contributed by atoms with E-state index in [0.717, 1.165) is 50.1 Å². The van der Waals surface area contributed by atoms with E-state index in [0.29, 0.717) is 6.54 Å². The maximum atomic E-state index is 12.5. The van der Waals surface area contributed by atoms with E-state index >= 15 is 0 Å². The molecule has 0 spiro atoms. The van der Waals surface area contributed by atoms with E-state index in [-0.39, 0.29) is 11.8 Å². The number of nitrogens with zero attached hydrogens (tertiary/aromatic N) is 3. The second kappa shape index (κ2) is 8.78. The first kappa shape index (κ1) is 19.6. The van der Waals surface area contributed by atoms with Crippen LogP contribution >= 0.6 is 0 Å². The molecule has 1 amide bonds. The number of carbonyl (C=O) groups excluding carboxylic acids is 1. The third-order valence-electron chi connectivity index (χ3n) is 6.06. The number of pyridine rings is 1. The number of carbonyl (C=O) groups is 1. The summed E-state index contributed by atoms with van der Waals surface area (Å²) in [6, 6.07) is 12.5. The molecular weight excluding hydrogens is 360 g/mol. The van der Waals surface area contributed by atoms with E-state index in [4.69, 9.17) is 0 Å². The van der Waals surface area contributed by atoms with E-state index in [1.807, 2.05) is 12.3 Å². The van der Waals surface area contributed by atoms with Crippen molar-refractivity contribution in [2.24, 2.45) is 13.0 Å². The molecule has 1 N–H and O–H groups in total. The van der Waals surface area contributed by atoms with Crippen molar-refractivity contribution >= 4 is 16.9 Å². The van der Waals surface area contributed by atoms with E-state index in [9.17, 15) is 4.79 Å². The van der Waals surface area contributed by atoms with E-state index < -0.39 is 0 Å². The summed E-state index contributed by atoms with van der Waals surface area (Å²) in [5, 5.41) is 4.37. The molecule has 2 aromatic heterocycles. The minimum Gasteiger partial charge on any atom is -0.352 e. The zero-order valence-electron chi connectivity index (χ0n) is 17.4. The summed E-state index contributed by atoms with van der Waals surface area (Å²) in [4.78, 5) is 19.5. The average molecular weight is 391 g/mol. The van der Waals surface area contributed by atoms with Crippen molar-refractivity contribution in [1.82, 2.24) is 19.8 Å². The highest BCUT2D eigenvalue weighted by molar-refractivity contribution is 5.80. The summed E-state index contributed by atoms with van der Waals surface area (Å²) in [5.41, 5.74) is 4.80. The monoisotopic (exact) mass is 390 g/mol. The maximum Gasteiger partial charge on any atom is 0.223 e. The number of nitrogens with one attached hydrogen (secondary N) is 1. The Bertz CT molecular complexity index is 968. The van der Waals surface area contributed by atoms with Gasteiger partial charge in [0.05, 0.1) is 0 Å². The van der Waals surface area contributed by atoms with Crippen LogP contribution in [0.5, 0.6) is 0 Å². The Morgan fingerprint density at radius 1 is 1.17 bits per heavy atom. The smallest absolute Gasteiger partial charge is 0.223 e. The van der Waals surface area contributed by atoms with Crippen LogP contribution < -0.4 is 5.32 Å². The molecule has 1 fully saturated rings. The molecule has 0 aliphatic carbocycles. The predicted molar refractivity (Wildman–Crippen MR) is 117 cm³/mol. The van der Waals surface area contributed by atoms with Crippen LogP contribution in [0.4, 0.5) is 0 Å². The van der Waals surface area contributed by atoms with Crippen LogP contribution in [0.15, 0.2) is 48.8 Å². The number of hydrogen-bond donors (Lipinski definition) is 1. The summed E-state index contributed by atoms with van der Waals surface area (Å²) < 4.78 is 2.11. The van der Waals surface area contributed by atoms with Crippen LogP contribution in [-0.2, 0) is 24.8 Å². The molecule has 0 atom stereocenters. The van der Waals surface area contributed by atoms with Crippen LogP contribution in [0.1, 0.15) is 29.5 Å². The fourth-order valence-electron chi connectivity index (χ4n) is 4.23. The van der Waals surface area contributed by atoms with Gasteiger partial charge in [-0.25, -0.2) is 4.98 Å². The van der Waals surface area contributed by atoms with E-state index in [1.54, 1.807) is 0 Å². The van der Waals surface area contributed by atoms with Gasteiger partial charge in [0.1, 0.15) is 5.65 Å². The molecule has 3 heterocycles. The number of benzene rings is 1. The molecule has 1 aromatic carbocycles. The van der Waals surface area contributed by atoms with Crippen LogP contribution in [0, 0.1) is 12.8 Å². The number of likely N-dealkylation sites (tertiary alicyclic amines) is 1. The number of aromatic nitrogens is 2. The Labute approximate surface area is 172 Å². The second-order valence-corrected chi connectivity index (χ2v) is 8.21. The van der Waals surface area contributed by atoms with E-state index in [1.165, 1.54) is 16.5 Å².